The summed E-state index contributed by atoms with van der Waals surface area (Å²) in [4.78, 5) is 11.6. The van der Waals surface area contributed by atoms with E-state index in [-0.39, 0.29) is 10.6 Å². The molecule has 0 saturated heterocycles. The van der Waals surface area contributed by atoms with Gasteiger partial charge in [0.15, 0.2) is 0 Å². The second-order valence-electron chi connectivity index (χ2n) is 5.85. The predicted molar refractivity (Wildman–Crippen MR) is 88.2 cm³/mol. The van der Waals surface area contributed by atoms with Gasteiger partial charge in [0.05, 0.1) is 11.6 Å². The van der Waals surface area contributed by atoms with Crippen molar-refractivity contribution in [1.82, 2.24) is 4.72 Å². The lowest BCUT2D eigenvalue weighted by Gasteiger charge is -2.21. The number of nitrogens with one attached hydrogen (secondary N) is 1. The molecular weight excluding hydrogens is 333 g/mol. The fourth-order valence-corrected chi connectivity index (χ4v) is 2.82. The van der Waals surface area contributed by atoms with Gasteiger partial charge in [-0.3, -0.25) is 4.39 Å². The van der Waals surface area contributed by atoms with Crippen LogP contribution in [-0.2, 0) is 15.4 Å². The van der Waals surface area contributed by atoms with E-state index in [0.29, 0.717) is 5.56 Å². The van der Waals surface area contributed by atoms with Crippen LogP contribution in [0, 0.1) is 0 Å². The third-order valence-electron chi connectivity index (χ3n) is 3.45. The highest BCUT2D eigenvalue weighted by Crippen LogP contribution is 2.24. The maximum atomic E-state index is 13.0. The van der Waals surface area contributed by atoms with E-state index < -0.39 is 28.2 Å². The van der Waals surface area contributed by atoms with E-state index in [1.165, 1.54) is 36.4 Å². The summed E-state index contributed by atoms with van der Waals surface area (Å²) in [5.74, 6) is 0.227. The standard InChI is InChI=1S/C17H18FNO4S/c1-17(2,12-18)13-8-10-15(11-9-13)24(21,22)19-16(20)23-14-6-4-3-5-7-14/h3-11H,12H2,1-2H3,(H,19,20). The molecule has 0 spiro atoms. The minimum atomic E-state index is -4.07. The van der Waals surface area contributed by atoms with Gasteiger partial charge in [0.25, 0.3) is 10.0 Å². The maximum absolute atomic E-state index is 13.0. The van der Waals surface area contributed by atoms with Gasteiger partial charge in [-0.15, -0.1) is 0 Å². The van der Waals surface area contributed by atoms with Crippen LogP contribution >= 0.6 is 0 Å². The van der Waals surface area contributed by atoms with Crippen LogP contribution in [0.4, 0.5) is 9.18 Å². The highest BCUT2D eigenvalue weighted by Gasteiger charge is 2.23. The number of hydrogen-bond acceptors (Lipinski definition) is 4. The fourth-order valence-electron chi connectivity index (χ4n) is 1.95. The van der Waals surface area contributed by atoms with E-state index in [4.69, 9.17) is 4.74 Å². The lowest BCUT2D eigenvalue weighted by atomic mass is 9.86. The molecule has 2 aromatic carbocycles. The van der Waals surface area contributed by atoms with E-state index >= 15 is 0 Å². The Balaban J connectivity index is 2.11. The van der Waals surface area contributed by atoms with Gasteiger partial charge < -0.3 is 4.74 Å². The molecule has 1 N–H and O–H groups in total. The van der Waals surface area contributed by atoms with E-state index in [2.05, 4.69) is 0 Å². The first-order valence-corrected chi connectivity index (χ1v) is 8.69. The zero-order chi connectivity index (χ0) is 17.8. The highest BCUT2D eigenvalue weighted by atomic mass is 32.2. The lowest BCUT2D eigenvalue weighted by Crippen LogP contribution is -2.33. The molecule has 0 aliphatic rings. The molecule has 128 valence electrons. The van der Waals surface area contributed by atoms with Crippen LogP contribution in [0.3, 0.4) is 0 Å². The smallest absolute Gasteiger partial charge is 0.410 e. The molecule has 1 amide bonds. The van der Waals surface area contributed by atoms with Crippen molar-refractivity contribution in [2.75, 3.05) is 6.67 Å². The van der Waals surface area contributed by atoms with Crippen LogP contribution < -0.4 is 9.46 Å². The maximum Gasteiger partial charge on any atom is 0.426 e. The number of sulfonamides is 1. The molecule has 0 aliphatic carbocycles. The molecule has 0 radical (unpaired) electrons. The van der Waals surface area contributed by atoms with E-state index in [0.717, 1.165) is 0 Å². The number of carbonyl (C=O) groups is 1. The molecule has 0 aliphatic heterocycles. The molecular formula is C17H18FNO4S. The van der Waals surface area contributed by atoms with Crippen molar-refractivity contribution < 1.29 is 22.3 Å². The van der Waals surface area contributed by atoms with E-state index in [1.54, 1.807) is 32.0 Å². The van der Waals surface area contributed by atoms with Gasteiger partial charge in [0.1, 0.15) is 5.75 Å². The summed E-state index contributed by atoms with van der Waals surface area (Å²) in [6, 6.07) is 13.8. The number of para-hydroxylation sites is 1. The monoisotopic (exact) mass is 351 g/mol. The average Bonchev–Trinajstić information content (AvgIpc) is 2.55. The topological polar surface area (TPSA) is 72.5 Å². The Labute approximate surface area is 140 Å². The van der Waals surface area contributed by atoms with Gasteiger partial charge >= 0.3 is 6.09 Å². The van der Waals surface area contributed by atoms with Crippen molar-refractivity contribution in [2.24, 2.45) is 0 Å². The van der Waals surface area contributed by atoms with E-state index in [9.17, 15) is 17.6 Å². The van der Waals surface area contributed by atoms with Crippen LogP contribution in [0.25, 0.3) is 0 Å². The van der Waals surface area contributed by atoms with Crippen LogP contribution in [0.2, 0.25) is 0 Å². The minimum absolute atomic E-state index is 0.106. The second-order valence-corrected chi connectivity index (χ2v) is 7.53. The largest absolute Gasteiger partial charge is 0.426 e. The van der Waals surface area contributed by atoms with Crippen LogP contribution in [0.15, 0.2) is 59.5 Å². The first-order valence-electron chi connectivity index (χ1n) is 7.21. The number of ether oxygens (including phenoxy) is 1. The second kappa shape index (κ2) is 7.00. The Bertz CT molecular complexity index is 802. The zero-order valence-corrected chi connectivity index (χ0v) is 14.1. The molecule has 0 fully saturated rings. The van der Waals surface area contributed by atoms with Crippen molar-refractivity contribution >= 4 is 16.1 Å². The number of carbonyl (C=O) groups excluding carboxylic acids is 1. The fraction of sp³-hybridized carbons (Fsp3) is 0.235. The quantitative estimate of drug-likeness (QED) is 0.896. The first kappa shape index (κ1) is 17.9. The molecule has 24 heavy (non-hydrogen) atoms. The summed E-state index contributed by atoms with van der Waals surface area (Å²) >= 11 is 0. The minimum Gasteiger partial charge on any atom is -0.410 e. The predicted octanol–water partition coefficient (Wildman–Crippen LogP) is 3.41. The third-order valence-corrected chi connectivity index (χ3v) is 4.78. The molecule has 2 aromatic rings. The summed E-state index contributed by atoms with van der Waals surface area (Å²) < 4.78 is 44.1. The average molecular weight is 351 g/mol. The van der Waals surface area contributed by atoms with Gasteiger partial charge in [-0.2, -0.15) is 0 Å². The molecule has 0 heterocycles. The lowest BCUT2D eigenvalue weighted by molar-refractivity contribution is 0.207. The Kier molecular flexibility index (Phi) is 5.23. The highest BCUT2D eigenvalue weighted by molar-refractivity contribution is 7.90. The SMILES string of the molecule is CC(C)(CF)c1ccc(S(=O)(=O)NC(=O)Oc2ccccc2)cc1. The van der Waals surface area contributed by atoms with Crippen molar-refractivity contribution in [1.29, 1.82) is 0 Å². The van der Waals surface area contributed by atoms with Gasteiger partial charge in [-0.05, 0) is 29.8 Å². The Hall–Kier alpha value is -2.41. The van der Waals surface area contributed by atoms with Crippen molar-refractivity contribution in [3.8, 4) is 5.75 Å². The number of hydrogen-bond donors (Lipinski definition) is 1. The molecule has 0 atom stereocenters. The van der Waals surface area contributed by atoms with Gasteiger partial charge in [0, 0.05) is 5.41 Å². The number of benzene rings is 2. The van der Waals surface area contributed by atoms with Crippen molar-refractivity contribution in [3.05, 3.63) is 60.2 Å². The molecule has 0 bridgehead atoms. The Morgan fingerprint density at radius 3 is 2.21 bits per heavy atom. The summed E-state index contributed by atoms with van der Waals surface area (Å²) in [6.07, 6.45) is -1.10. The first-order chi connectivity index (χ1) is 11.2. The summed E-state index contributed by atoms with van der Waals surface area (Å²) in [5.41, 5.74) is -0.0436. The van der Waals surface area contributed by atoms with Crippen LogP contribution in [-0.4, -0.2) is 21.2 Å². The molecule has 7 heteroatoms. The Morgan fingerprint density at radius 2 is 1.67 bits per heavy atom. The number of alkyl halides is 1. The van der Waals surface area contributed by atoms with Gasteiger partial charge in [-0.25, -0.2) is 17.9 Å². The van der Waals surface area contributed by atoms with Crippen molar-refractivity contribution in [2.45, 2.75) is 24.2 Å². The summed E-state index contributed by atoms with van der Waals surface area (Å²) in [7, 11) is -4.07. The normalized spacial score (nSPS) is 11.8. The molecule has 2 rings (SSSR count). The number of halogens is 1. The van der Waals surface area contributed by atoms with Crippen LogP contribution in [0.5, 0.6) is 5.75 Å². The molecule has 0 saturated carbocycles. The molecule has 5 nitrogen and oxygen atoms in total. The summed E-state index contributed by atoms with van der Waals surface area (Å²) in [5, 5.41) is 0. The molecule has 0 aromatic heterocycles. The van der Waals surface area contributed by atoms with Crippen LogP contribution in [0.1, 0.15) is 19.4 Å². The number of amides is 1. The number of rotatable bonds is 5. The Morgan fingerprint density at radius 1 is 1.08 bits per heavy atom. The zero-order valence-electron chi connectivity index (χ0n) is 13.3. The molecule has 0 unspecified atom stereocenters. The summed E-state index contributed by atoms with van der Waals surface area (Å²) in [6.45, 7) is 2.86. The van der Waals surface area contributed by atoms with Gasteiger partial charge in [-0.1, -0.05) is 44.2 Å². The van der Waals surface area contributed by atoms with Gasteiger partial charge in [0.2, 0.25) is 0 Å². The van der Waals surface area contributed by atoms with Crippen molar-refractivity contribution in [3.63, 3.8) is 0 Å². The van der Waals surface area contributed by atoms with E-state index in [1.807, 2.05) is 4.72 Å². The third kappa shape index (κ3) is 4.32.